The molecular formula is C23H32N2. The van der Waals surface area contributed by atoms with Crippen molar-refractivity contribution in [2.24, 2.45) is 4.99 Å². The molecule has 1 aromatic carbocycles. The second kappa shape index (κ2) is 7.11. The molecule has 0 saturated carbocycles. The Balaban J connectivity index is 2.75. The highest BCUT2D eigenvalue weighted by Gasteiger charge is 2.17. The van der Waals surface area contributed by atoms with Gasteiger partial charge in [0.15, 0.2) is 5.82 Å². The Morgan fingerprint density at radius 2 is 1.24 bits per heavy atom. The molecule has 2 nitrogen and oxygen atoms in total. The molecular weight excluding hydrogens is 304 g/mol. The van der Waals surface area contributed by atoms with Crippen molar-refractivity contribution < 1.29 is 0 Å². The first-order valence-electron chi connectivity index (χ1n) is 9.21. The smallest absolute Gasteiger partial charge is 0.155 e. The van der Waals surface area contributed by atoms with Crippen LogP contribution in [0.25, 0.3) is 0 Å². The number of nitrogens with zero attached hydrogens (tertiary/aromatic N) is 2. The summed E-state index contributed by atoms with van der Waals surface area (Å²) in [6.07, 6.45) is 1.02. The van der Waals surface area contributed by atoms with Crippen LogP contribution in [0.2, 0.25) is 0 Å². The summed E-state index contributed by atoms with van der Waals surface area (Å²) in [4.78, 5) is 9.74. The Morgan fingerprint density at radius 1 is 0.720 bits per heavy atom. The number of benzene rings is 1. The van der Waals surface area contributed by atoms with E-state index >= 15 is 0 Å². The number of aliphatic imine (C=N–C) groups is 1. The molecule has 0 spiro atoms. The van der Waals surface area contributed by atoms with E-state index < -0.39 is 0 Å². The van der Waals surface area contributed by atoms with Gasteiger partial charge in [-0.3, -0.25) is 0 Å². The predicted molar refractivity (Wildman–Crippen MR) is 110 cm³/mol. The normalized spacial score (nSPS) is 12.0. The Morgan fingerprint density at radius 3 is 1.80 bits per heavy atom. The standard InChI is InChI=1S/C23H32N2/c1-11-21-16(6)12(2)13(3)17(7)22(21)20(10)25-23-18(8)14(4)15(5)19(9)24-23/h11H2,1-10H3. The molecule has 0 aliphatic heterocycles. The van der Waals surface area contributed by atoms with Crippen LogP contribution in [0.1, 0.15) is 69.6 Å². The van der Waals surface area contributed by atoms with E-state index in [2.05, 4.69) is 69.2 Å². The van der Waals surface area contributed by atoms with E-state index in [-0.39, 0.29) is 0 Å². The van der Waals surface area contributed by atoms with Gasteiger partial charge in [0, 0.05) is 17.0 Å². The molecule has 134 valence electrons. The van der Waals surface area contributed by atoms with Crippen molar-refractivity contribution in [3.05, 3.63) is 55.8 Å². The second-order valence-electron chi connectivity index (χ2n) is 7.30. The summed E-state index contributed by atoms with van der Waals surface area (Å²) >= 11 is 0. The summed E-state index contributed by atoms with van der Waals surface area (Å²) in [6, 6.07) is 0. The van der Waals surface area contributed by atoms with E-state index in [1.165, 1.54) is 50.1 Å². The molecule has 0 saturated heterocycles. The van der Waals surface area contributed by atoms with Crippen LogP contribution in [0.4, 0.5) is 5.82 Å². The molecule has 0 N–H and O–H groups in total. The quantitative estimate of drug-likeness (QED) is 0.608. The Hall–Kier alpha value is -1.96. The zero-order chi connectivity index (χ0) is 19.0. The maximum absolute atomic E-state index is 4.98. The number of hydrogen-bond donors (Lipinski definition) is 0. The fourth-order valence-corrected chi connectivity index (χ4v) is 3.69. The molecule has 0 radical (unpaired) electrons. The van der Waals surface area contributed by atoms with E-state index in [1.807, 2.05) is 0 Å². The average Bonchev–Trinajstić information content (AvgIpc) is 2.58. The minimum Gasteiger partial charge on any atom is -0.233 e. The van der Waals surface area contributed by atoms with Crippen LogP contribution in [-0.4, -0.2) is 10.7 Å². The van der Waals surface area contributed by atoms with Gasteiger partial charge in [0.2, 0.25) is 0 Å². The molecule has 2 rings (SSSR count). The van der Waals surface area contributed by atoms with Crippen molar-refractivity contribution in [1.29, 1.82) is 0 Å². The second-order valence-corrected chi connectivity index (χ2v) is 7.30. The third-order valence-electron chi connectivity index (χ3n) is 6.08. The lowest BCUT2D eigenvalue weighted by Crippen LogP contribution is -2.10. The lowest BCUT2D eigenvalue weighted by Gasteiger charge is -2.20. The van der Waals surface area contributed by atoms with Gasteiger partial charge in [-0.1, -0.05) is 6.92 Å². The van der Waals surface area contributed by atoms with Crippen LogP contribution in [0.3, 0.4) is 0 Å². The summed E-state index contributed by atoms with van der Waals surface area (Å²) < 4.78 is 0. The molecule has 0 aliphatic carbocycles. The number of aromatic nitrogens is 1. The van der Waals surface area contributed by atoms with Crippen LogP contribution in [0.5, 0.6) is 0 Å². The van der Waals surface area contributed by atoms with Gasteiger partial charge in [-0.05, 0) is 113 Å². The van der Waals surface area contributed by atoms with Gasteiger partial charge in [-0.25, -0.2) is 9.98 Å². The van der Waals surface area contributed by atoms with Crippen LogP contribution in [-0.2, 0) is 6.42 Å². The molecule has 2 heteroatoms. The van der Waals surface area contributed by atoms with Gasteiger partial charge < -0.3 is 0 Å². The van der Waals surface area contributed by atoms with Crippen molar-refractivity contribution >= 4 is 11.5 Å². The highest BCUT2D eigenvalue weighted by atomic mass is 14.9. The molecule has 0 bridgehead atoms. The lowest BCUT2D eigenvalue weighted by molar-refractivity contribution is 1.05. The fraction of sp³-hybridized carbons (Fsp3) is 0.478. The molecule has 0 atom stereocenters. The molecule has 0 amide bonds. The van der Waals surface area contributed by atoms with Crippen molar-refractivity contribution in [2.75, 3.05) is 0 Å². The minimum atomic E-state index is 0.857. The van der Waals surface area contributed by atoms with E-state index in [9.17, 15) is 0 Å². The highest BCUT2D eigenvalue weighted by molar-refractivity contribution is 6.03. The van der Waals surface area contributed by atoms with E-state index in [1.54, 1.807) is 0 Å². The zero-order valence-electron chi connectivity index (χ0n) is 17.6. The van der Waals surface area contributed by atoms with Crippen LogP contribution >= 0.6 is 0 Å². The van der Waals surface area contributed by atoms with Gasteiger partial charge >= 0.3 is 0 Å². The fourth-order valence-electron chi connectivity index (χ4n) is 3.69. The highest BCUT2D eigenvalue weighted by Crippen LogP contribution is 2.30. The number of hydrogen-bond acceptors (Lipinski definition) is 2. The van der Waals surface area contributed by atoms with E-state index in [0.717, 1.165) is 23.6 Å². The monoisotopic (exact) mass is 336 g/mol. The SMILES string of the molecule is CCc1c(C)c(C)c(C)c(C)c1C(C)=Nc1nc(C)c(C)c(C)c1C. The van der Waals surface area contributed by atoms with Gasteiger partial charge in [0.25, 0.3) is 0 Å². The molecule has 25 heavy (non-hydrogen) atoms. The first-order valence-corrected chi connectivity index (χ1v) is 9.21. The van der Waals surface area contributed by atoms with E-state index in [4.69, 9.17) is 9.98 Å². The summed E-state index contributed by atoms with van der Waals surface area (Å²) in [5, 5.41) is 0. The van der Waals surface area contributed by atoms with Gasteiger partial charge in [-0.15, -0.1) is 0 Å². The van der Waals surface area contributed by atoms with E-state index in [0.29, 0.717) is 0 Å². The van der Waals surface area contributed by atoms with Gasteiger partial charge in [0.1, 0.15) is 0 Å². The average molecular weight is 337 g/mol. The molecule has 0 fully saturated rings. The molecule has 0 unspecified atom stereocenters. The minimum absolute atomic E-state index is 0.857. The summed E-state index contributed by atoms with van der Waals surface area (Å²) in [6.45, 7) is 21.8. The first-order chi connectivity index (χ1) is 11.6. The molecule has 1 heterocycles. The number of pyridine rings is 1. The lowest BCUT2D eigenvalue weighted by atomic mass is 9.86. The largest absolute Gasteiger partial charge is 0.233 e. The Labute approximate surface area is 153 Å². The van der Waals surface area contributed by atoms with Gasteiger partial charge in [0.05, 0.1) is 0 Å². The van der Waals surface area contributed by atoms with Crippen molar-refractivity contribution in [3.63, 3.8) is 0 Å². The molecule has 1 aromatic heterocycles. The van der Waals surface area contributed by atoms with Crippen molar-refractivity contribution in [3.8, 4) is 0 Å². The third kappa shape index (κ3) is 3.27. The maximum Gasteiger partial charge on any atom is 0.155 e. The maximum atomic E-state index is 4.98. The predicted octanol–water partition coefficient (Wildman–Crippen LogP) is 6.25. The first kappa shape index (κ1) is 19.4. The summed E-state index contributed by atoms with van der Waals surface area (Å²) in [7, 11) is 0. The van der Waals surface area contributed by atoms with Crippen LogP contribution in [0.15, 0.2) is 4.99 Å². The molecule has 0 aliphatic rings. The van der Waals surface area contributed by atoms with Crippen molar-refractivity contribution in [1.82, 2.24) is 4.98 Å². The zero-order valence-corrected chi connectivity index (χ0v) is 17.6. The topological polar surface area (TPSA) is 25.2 Å². The van der Waals surface area contributed by atoms with Gasteiger partial charge in [-0.2, -0.15) is 0 Å². The number of aryl methyl sites for hydroxylation is 1. The summed E-state index contributed by atoms with van der Waals surface area (Å²) in [5.74, 6) is 0.857. The van der Waals surface area contributed by atoms with Crippen molar-refractivity contribution in [2.45, 2.75) is 75.7 Å². The summed E-state index contributed by atoms with van der Waals surface area (Å²) in [5.41, 5.74) is 14.1. The Kier molecular flexibility index (Phi) is 5.51. The molecule has 2 aromatic rings. The Bertz CT molecular complexity index is 871. The van der Waals surface area contributed by atoms with Crippen LogP contribution < -0.4 is 0 Å². The third-order valence-corrected chi connectivity index (χ3v) is 6.08. The number of rotatable bonds is 3. The van der Waals surface area contributed by atoms with Crippen LogP contribution in [0, 0.1) is 55.4 Å².